The maximum atomic E-state index is 5.98. The maximum Gasteiger partial charge on any atom is 0.0739 e. The lowest BCUT2D eigenvalue weighted by Gasteiger charge is -2.09. The zero-order valence-electron chi connectivity index (χ0n) is 8.51. The molecule has 0 bridgehead atoms. The molecule has 1 atom stereocenters. The Balaban J connectivity index is 2.37. The van der Waals surface area contributed by atoms with Crippen LogP contribution in [0.2, 0.25) is 10.0 Å². The van der Waals surface area contributed by atoms with E-state index >= 15 is 0 Å². The zero-order chi connectivity index (χ0) is 11.7. The molecule has 0 saturated heterocycles. The van der Waals surface area contributed by atoms with E-state index in [9.17, 15) is 0 Å². The van der Waals surface area contributed by atoms with Gasteiger partial charge in [-0.2, -0.15) is 0 Å². The van der Waals surface area contributed by atoms with E-state index in [0.29, 0.717) is 10.0 Å². The van der Waals surface area contributed by atoms with Crippen LogP contribution in [0.5, 0.6) is 0 Å². The number of benzene rings is 1. The molecule has 0 aliphatic heterocycles. The predicted molar refractivity (Wildman–Crippen MR) is 76.3 cm³/mol. The fourth-order valence-corrected chi connectivity index (χ4v) is 3.60. The van der Waals surface area contributed by atoms with Gasteiger partial charge in [-0.05, 0) is 42.8 Å². The van der Waals surface area contributed by atoms with Crippen molar-refractivity contribution in [3.63, 3.8) is 0 Å². The summed E-state index contributed by atoms with van der Waals surface area (Å²) in [7, 11) is 0. The van der Waals surface area contributed by atoms with Crippen molar-refractivity contribution in [3.8, 4) is 0 Å². The van der Waals surface area contributed by atoms with E-state index in [-0.39, 0.29) is 4.83 Å². The molecule has 1 aromatic carbocycles. The second-order valence-electron chi connectivity index (χ2n) is 3.51. The van der Waals surface area contributed by atoms with E-state index in [4.69, 9.17) is 23.2 Å². The molecule has 0 saturated carbocycles. The molecule has 16 heavy (non-hydrogen) atoms. The number of alkyl halides is 1. The van der Waals surface area contributed by atoms with Gasteiger partial charge in [0, 0.05) is 19.8 Å². The van der Waals surface area contributed by atoms with Gasteiger partial charge in [-0.3, -0.25) is 0 Å². The van der Waals surface area contributed by atoms with Crippen LogP contribution in [-0.4, -0.2) is 0 Å². The average molecular weight is 336 g/mol. The second-order valence-corrected chi connectivity index (χ2v) is 6.62. The number of hydrogen-bond donors (Lipinski definition) is 0. The fraction of sp³-hybridized carbons (Fsp3) is 0.167. The number of halogens is 3. The average Bonchev–Trinajstić information content (AvgIpc) is 2.62. The quantitative estimate of drug-likeness (QED) is 0.604. The van der Waals surface area contributed by atoms with Gasteiger partial charge in [-0.25, -0.2) is 0 Å². The lowest BCUT2D eigenvalue weighted by atomic mass is 10.1. The van der Waals surface area contributed by atoms with Crippen molar-refractivity contribution in [2.45, 2.75) is 11.8 Å². The van der Waals surface area contributed by atoms with Crippen LogP contribution in [0.1, 0.15) is 20.1 Å². The van der Waals surface area contributed by atoms with E-state index in [2.05, 4.69) is 35.0 Å². The molecule has 1 heterocycles. The first-order valence-corrected chi connectivity index (χ1v) is 7.21. The molecule has 4 heteroatoms. The van der Waals surface area contributed by atoms with Crippen molar-refractivity contribution in [3.05, 3.63) is 55.7 Å². The maximum absolute atomic E-state index is 5.98. The predicted octanol–water partition coefficient (Wildman–Crippen LogP) is 5.85. The van der Waals surface area contributed by atoms with Crippen molar-refractivity contribution in [2.75, 3.05) is 0 Å². The van der Waals surface area contributed by atoms with Gasteiger partial charge in [0.1, 0.15) is 0 Å². The highest BCUT2D eigenvalue weighted by Gasteiger charge is 2.13. The number of hydrogen-bond acceptors (Lipinski definition) is 1. The Bertz CT molecular complexity index is 487. The zero-order valence-corrected chi connectivity index (χ0v) is 12.4. The summed E-state index contributed by atoms with van der Waals surface area (Å²) in [5.74, 6) is 0. The topological polar surface area (TPSA) is 0 Å². The van der Waals surface area contributed by atoms with E-state index in [1.54, 1.807) is 17.4 Å². The standard InChI is InChI=1S/C12H9BrCl2S/c1-7-2-3-11(16-7)12(13)8-4-9(14)6-10(15)5-8/h2-6,12H,1H3. The molecule has 0 aliphatic rings. The summed E-state index contributed by atoms with van der Waals surface area (Å²) in [5, 5.41) is 1.33. The summed E-state index contributed by atoms with van der Waals surface area (Å²) in [6.45, 7) is 2.10. The van der Waals surface area contributed by atoms with Gasteiger partial charge in [0.25, 0.3) is 0 Å². The Hall–Kier alpha value is -0.0200. The minimum absolute atomic E-state index is 0.155. The van der Waals surface area contributed by atoms with Gasteiger partial charge in [0.2, 0.25) is 0 Å². The smallest absolute Gasteiger partial charge is 0.0739 e. The summed E-state index contributed by atoms with van der Waals surface area (Å²) in [5.41, 5.74) is 1.08. The first kappa shape index (κ1) is 12.4. The summed E-state index contributed by atoms with van der Waals surface area (Å²) >= 11 is 17.4. The van der Waals surface area contributed by atoms with Crippen LogP contribution in [-0.2, 0) is 0 Å². The highest BCUT2D eigenvalue weighted by molar-refractivity contribution is 9.09. The summed E-state index contributed by atoms with van der Waals surface area (Å²) < 4.78 is 0. The SMILES string of the molecule is Cc1ccc(C(Br)c2cc(Cl)cc(Cl)c2)s1. The molecule has 0 amide bonds. The molecule has 0 aliphatic carbocycles. The van der Waals surface area contributed by atoms with Gasteiger partial charge in [0.15, 0.2) is 0 Å². The van der Waals surface area contributed by atoms with Gasteiger partial charge in [0.05, 0.1) is 4.83 Å². The van der Waals surface area contributed by atoms with Crippen LogP contribution in [0.3, 0.4) is 0 Å². The van der Waals surface area contributed by atoms with Crippen LogP contribution in [0.25, 0.3) is 0 Å². The highest BCUT2D eigenvalue weighted by atomic mass is 79.9. The van der Waals surface area contributed by atoms with Crippen LogP contribution in [0, 0.1) is 6.92 Å². The number of thiophene rings is 1. The van der Waals surface area contributed by atoms with Crippen molar-refractivity contribution in [1.29, 1.82) is 0 Å². The van der Waals surface area contributed by atoms with Crippen molar-refractivity contribution in [1.82, 2.24) is 0 Å². The van der Waals surface area contributed by atoms with E-state index in [0.717, 1.165) is 5.56 Å². The molecule has 2 rings (SSSR count). The molecule has 2 aromatic rings. The highest BCUT2D eigenvalue weighted by Crippen LogP contribution is 2.37. The molecule has 1 aromatic heterocycles. The summed E-state index contributed by atoms with van der Waals surface area (Å²) in [6.07, 6.45) is 0. The van der Waals surface area contributed by atoms with Gasteiger partial charge in [-0.1, -0.05) is 39.1 Å². The first-order chi connectivity index (χ1) is 7.56. The van der Waals surface area contributed by atoms with E-state index in [1.165, 1.54) is 9.75 Å². The first-order valence-electron chi connectivity index (χ1n) is 4.72. The molecule has 0 N–H and O–H groups in total. The van der Waals surface area contributed by atoms with Crippen LogP contribution < -0.4 is 0 Å². The second kappa shape index (κ2) is 5.09. The molecule has 1 unspecified atom stereocenters. The Kier molecular flexibility index (Phi) is 3.96. The minimum Gasteiger partial charge on any atom is -0.144 e. The monoisotopic (exact) mass is 334 g/mol. The molecular weight excluding hydrogens is 327 g/mol. The van der Waals surface area contributed by atoms with E-state index < -0.39 is 0 Å². The lowest BCUT2D eigenvalue weighted by Crippen LogP contribution is -1.89. The fourth-order valence-electron chi connectivity index (χ4n) is 1.48. The normalized spacial score (nSPS) is 12.8. The van der Waals surface area contributed by atoms with Crippen LogP contribution >= 0.6 is 50.5 Å². The minimum atomic E-state index is 0.155. The number of rotatable bonds is 2. The molecule has 0 fully saturated rings. The largest absolute Gasteiger partial charge is 0.144 e. The lowest BCUT2D eigenvalue weighted by molar-refractivity contribution is 1.23. The van der Waals surface area contributed by atoms with Crippen LogP contribution in [0.4, 0.5) is 0 Å². The molecule has 0 nitrogen and oxygen atoms in total. The van der Waals surface area contributed by atoms with Gasteiger partial charge < -0.3 is 0 Å². The Labute approximate surface area is 117 Å². The molecule has 84 valence electrons. The summed E-state index contributed by atoms with van der Waals surface area (Å²) in [4.78, 5) is 2.71. The third kappa shape index (κ3) is 2.80. The molecule has 0 spiro atoms. The third-order valence-corrected chi connectivity index (χ3v) is 5.02. The summed E-state index contributed by atoms with van der Waals surface area (Å²) in [6, 6.07) is 9.84. The molecular formula is C12H9BrCl2S. The van der Waals surface area contributed by atoms with E-state index in [1.807, 2.05) is 12.1 Å². The van der Waals surface area contributed by atoms with Crippen LogP contribution in [0.15, 0.2) is 30.3 Å². The number of aryl methyl sites for hydroxylation is 1. The Morgan fingerprint density at radius 3 is 2.25 bits per heavy atom. The Morgan fingerprint density at radius 1 is 1.12 bits per heavy atom. The third-order valence-electron chi connectivity index (χ3n) is 2.19. The molecule has 0 radical (unpaired) electrons. The van der Waals surface area contributed by atoms with Crippen molar-refractivity contribution < 1.29 is 0 Å². The van der Waals surface area contributed by atoms with Crippen molar-refractivity contribution in [2.24, 2.45) is 0 Å². The van der Waals surface area contributed by atoms with Gasteiger partial charge >= 0.3 is 0 Å². The van der Waals surface area contributed by atoms with Crippen molar-refractivity contribution >= 4 is 50.5 Å². The van der Waals surface area contributed by atoms with Gasteiger partial charge in [-0.15, -0.1) is 11.3 Å². The Morgan fingerprint density at radius 2 is 1.75 bits per heavy atom.